The number of benzene rings is 2. The monoisotopic (exact) mass is 500 g/mol. The number of fused-ring (bicyclic) bond motifs is 1. The van der Waals surface area contributed by atoms with Gasteiger partial charge in [0.25, 0.3) is 0 Å². The SMILES string of the molecule is CCCOc1cc2c(cc1C(=O)CCc1ccc(OC)c(NC(=O)[C@@H](N)CC(C)C)c1)SCCO2. The Kier molecular flexibility index (Phi) is 9.86. The number of carbonyl (C=O) groups is 2. The summed E-state index contributed by atoms with van der Waals surface area (Å²) in [6.07, 6.45) is 2.26. The Morgan fingerprint density at radius 1 is 1.20 bits per heavy atom. The molecule has 0 unspecified atom stereocenters. The van der Waals surface area contributed by atoms with Gasteiger partial charge in [0.15, 0.2) is 5.78 Å². The van der Waals surface area contributed by atoms with Gasteiger partial charge in [0.05, 0.1) is 42.5 Å². The molecule has 1 atom stereocenters. The van der Waals surface area contributed by atoms with E-state index in [0.717, 1.165) is 28.4 Å². The number of aryl methyl sites for hydroxylation is 1. The van der Waals surface area contributed by atoms with Crippen molar-refractivity contribution in [2.75, 3.05) is 31.4 Å². The minimum Gasteiger partial charge on any atom is -0.495 e. The lowest BCUT2D eigenvalue weighted by Gasteiger charge is -2.20. The zero-order valence-electron chi connectivity index (χ0n) is 21.0. The minimum atomic E-state index is -0.600. The van der Waals surface area contributed by atoms with E-state index in [0.29, 0.717) is 61.1 Å². The number of amides is 1. The summed E-state index contributed by atoms with van der Waals surface area (Å²) in [6.45, 7) is 7.27. The molecule has 0 aliphatic carbocycles. The number of hydrogen-bond donors (Lipinski definition) is 2. The van der Waals surface area contributed by atoms with Crippen LogP contribution in [0.2, 0.25) is 0 Å². The number of nitrogens with one attached hydrogen (secondary N) is 1. The van der Waals surface area contributed by atoms with Gasteiger partial charge in [-0.25, -0.2) is 0 Å². The van der Waals surface area contributed by atoms with E-state index in [1.54, 1.807) is 24.9 Å². The summed E-state index contributed by atoms with van der Waals surface area (Å²) in [5, 5.41) is 2.88. The third-order valence-electron chi connectivity index (χ3n) is 5.63. The Hall–Kier alpha value is -2.71. The maximum atomic E-state index is 13.2. The van der Waals surface area contributed by atoms with Crippen molar-refractivity contribution in [2.24, 2.45) is 11.7 Å². The molecule has 2 aromatic rings. The van der Waals surface area contributed by atoms with E-state index in [4.69, 9.17) is 19.9 Å². The maximum Gasteiger partial charge on any atom is 0.241 e. The smallest absolute Gasteiger partial charge is 0.241 e. The summed E-state index contributed by atoms with van der Waals surface area (Å²) in [6, 6.07) is 8.68. The molecule has 2 aromatic carbocycles. The summed E-state index contributed by atoms with van der Waals surface area (Å²) in [5.41, 5.74) is 8.08. The molecule has 1 aliphatic rings. The summed E-state index contributed by atoms with van der Waals surface area (Å²) in [4.78, 5) is 26.7. The van der Waals surface area contributed by atoms with Crippen molar-refractivity contribution in [1.82, 2.24) is 0 Å². The van der Waals surface area contributed by atoms with Gasteiger partial charge in [-0.15, -0.1) is 11.8 Å². The summed E-state index contributed by atoms with van der Waals surface area (Å²) >= 11 is 1.69. The number of Topliss-reactive ketones (excluding diaryl/α,β-unsaturated/α-hetero) is 1. The van der Waals surface area contributed by atoms with E-state index in [9.17, 15) is 9.59 Å². The van der Waals surface area contributed by atoms with Gasteiger partial charge in [-0.05, 0) is 48.9 Å². The van der Waals surface area contributed by atoms with Crippen LogP contribution in [-0.2, 0) is 11.2 Å². The standard InChI is InChI=1S/C27H36N2O5S/c1-5-10-33-24-16-25-26(35-12-11-34-25)15-19(24)22(30)8-6-18-7-9-23(32-4)21(14-18)29-27(31)20(28)13-17(2)3/h7,9,14-17,20H,5-6,8,10-13,28H2,1-4H3,(H,29,31)/t20-/m0/s1. The lowest BCUT2D eigenvalue weighted by atomic mass is 10.0. The van der Waals surface area contributed by atoms with E-state index in [1.165, 1.54) is 0 Å². The molecule has 190 valence electrons. The Bertz CT molecular complexity index is 1040. The Morgan fingerprint density at radius 2 is 2.00 bits per heavy atom. The predicted molar refractivity (Wildman–Crippen MR) is 140 cm³/mol. The molecule has 1 heterocycles. The molecule has 35 heavy (non-hydrogen) atoms. The highest BCUT2D eigenvalue weighted by Crippen LogP contribution is 2.39. The van der Waals surface area contributed by atoms with Crippen LogP contribution in [0.4, 0.5) is 5.69 Å². The van der Waals surface area contributed by atoms with E-state index >= 15 is 0 Å². The second kappa shape index (κ2) is 12.8. The van der Waals surface area contributed by atoms with Crippen LogP contribution in [0, 0.1) is 5.92 Å². The van der Waals surface area contributed by atoms with Gasteiger partial charge in [0.1, 0.15) is 17.2 Å². The second-order valence-electron chi connectivity index (χ2n) is 9.02. The molecule has 0 fully saturated rings. The van der Waals surface area contributed by atoms with Crippen LogP contribution in [-0.4, -0.2) is 43.8 Å². The molecule has 0 saturated heterocycles. The van der Waals surface area contributed by atoms with Crippen LogP contribution in [0.3, 0.4) is 0 Å². The molecular formula is C27H36N2O5S. The van der Waals surface area contributed by atoms with E-state index in [1.807, 2.05) is 45.0 Å². The van der Waals surface area contributed by atoms with Crippen LogP contribution < -0.4 is 25.3 Å². The van der Waals surface area contributed by atoms with Crippen molar-refractivity contribution in [3.05, 3.63) is 41.5 Å². The van der Waals surface area contributed by atoms with Crippen molar-refractivity contribution in [1.29, 1.82) is 0 Å². The highest BCUT2D eigenvalue weighted by molar-refractivity contribution is 7.99. The fourth-order valence-electron chi connectivity index (χ4n) is 3.86. The van der Waals surface area contributed by atoms with Gasteiger partial charge in [0, 0.05) is 18.2 Å². The normalized spacial score (nSPS) is 13.5. The molecule has 0 aromatic heterocycles. The summed E-state index contributed by atoms with van der Waals surface area (Å²) < 4.78 is 17.0. The first-order valence-corrected chi connectivity index (χ1v) is 13.1. The van der Waals surface area contributed by atoms with Crippen LogP contribution in [0.1, 0.15) is 56.0 Å². The first-order valence-electron chi connectivity index (χ1n) is 12.1. The quantitative estimate of drug-likeness (QED) is 0.391. The topological polar surface area (TPSA) is 99.9 Å². The molecule has 0 radical (unpaired) electrons. The van der Waals surface area contributed by atoms with Gasteiger partial charge in [-0.3, -0.25) is 9.59 Å². The number of ketones is 1. The van der Waals surface area contributed by atoms with Crippen molar-refractivity contribution < 1.29 is 23.8 Å². The number of rotatable bonds is 12. The van der Waals surface area contributed by atoms with Crippen molar-refractivity contribution in [3.63, 3.8) is 0 Å². The third kappa shape index (κ3) is 7.39. The number of ether oxygens (including phenoxy) is 3. The molecule has 1 amide bonds. The fourth-order valence-corrected chi connectivity index (χ4v) is 4.71. The zero-order chi connectivity index (χ0) is 25.4. The maximum absolute atomic E-state index is 13.2. The molecule has 8 heteroatoms. The lowest BCUT2D eigenvalue weighted by molar-refractivity contribution is -0.117. The molecule has 0 spiro atoms. The molecule has 0 bridgehead atoms. The molecule has 3 rings (SSSR count). The highest BCUT2D eigenvalue weighted by atomic mass is 32.2. The molecule has 1 aliphatic heterocycles. The summed E-state index contributed by atoms with van der Waals surface area (Å²) in [7, 11) is 1.55. The van der Waals surface area contributed by atoms with Crippen molar-refractivity contribution in [2.45, 2.75) is 57.4 Å². The number of carbonyl (C=O) groups excluding carboxylic acids is 2. The van der Waals surface area contributed by atoms with Gasteiger partial charge >= 0.3 is 0 Å². The first-order chi connectivity index (χ1) is 16.8. The Morgan fingerprint density at radius 3 is 2.71 bits per heavy atom. The zero-order valence-corrected chi connectivity index (χ0v) is 21.8. The lowest BCUT2D eigenvalue weighted by Crippen LogP contribution is -2.36. The average Bonchev–Trinajstić information content (AvgIpc) is 2.85. The van der Waals surface area contributed by atoms with E-state index < -0.39 is 6.04 Å². The minimum absolute atomic E-state index is 0.00503. The van der Waals surface area contributed by atoms with Gasteiger partial charge < -0.3 is 25.3 Å². The number of thioether (sulfide) groups is 1. The Balaban J connectivity index is 1.74. The molecule has 7 nitrogen and oxygen atoms in total. The van der Waals surface area contributed by atoms with Crippen molar-refractivity contribution >= 4 is 29.1 Å². The van der Waals surface area contributed by atoms with Gasteiger partial charge in [0.2, 0.25) is 5.91 Å². The van der Waals surface area contributed by atoms with Crippen molar-refractivity contribution in [3.8, 4) is 17.2 Å². The van der Waals surface area contributed by atoms with Crippen LogP contribution in [0.15, 0.2) is 35.2 Å². The van der Waals surface area contributed by atoms with Gasteiger partial charge in [-0.2, -0.15) is 0 Å². The average molecular weight is 501 g/mol. The van der Waals surface area contributed by atoms with Gasteiger partial charge in [-0.1, -0.05) is 26.8 Å². The van der Waals surface area contributed by atoms with E-state index in [2.05, 4.69) is 5.32 Å². The Labute approximate surface area is 212 Å². The number of nitrogens with two attached hydrogens (primary N) is 1. The van der Waals surface area contributed by atoms with E-state index in [-0.39, 0.29) is 11.7 Å². The predicted octanol–water partition coefficient (Wildman–Crippen LogP) is 5.10. The molecule has 3 N–H and O–H groups in total. The number of anilines is 1. The van der Waals surface area contributed by atoms with Crippen LogP contribution >= 0.6 is 11.8 Å². The summed E-state index contributed by atoms with van der Waals surface area (Å²) in [5.74, 6) is 2.82. The highest BCUT2D eigenvalue weighted by Gasteiger charge is 2.21. The first kappa shape index (κ1) is 26.9. The fraction of sp³-hybridized carbons (Fsp3) is 0.481. The molecule has 0 saturated carbocycles. The third-order valence-corrected chi connectivity index (χ3v) is 6.63. The van der Waals surface area contributed by atoms with Crippen LogP contribution in [0.5, 0.6) is 17.2 Å². The molecular weight excluding hydrogens is 464 g/mol. The van der Waals surface area contributed by atoms with Crippen LogP contribution in [0.25, 0.3) is 0 Å². The largest absolute Gasteiger partial charge is 0.495 e. The second-order valence-corrected chi connectivity index (χ2v) is 10.2. The number of methoxy groups -OCH3 is 1. The number of hydrogen-bond acceptors (Lipinski definition) is 7.